The average molecular weight is 578 g/mol. The van der Waals surface area contributed by atoms with Gasteiger partial charge in [0.25, 0.3) is 0 Å². The molecule has 10 atom stereocenters. The highest BCUT2D eigenvalue weighted by molar-refractivity contribution is 5.65. The number of carbonyl (C=O) groups is 1. The molecule has 11 nitrogen and oxygen atoms in total. The number of carbonyl (C=O) groups excluding carboxylic acids is 1. The first-order valence-corrected chi connectivity index (χ1v) is 14.5. The zero-order valence-electron chi connectivity index (χ0n) is 24.9. The maximum absolute atomic E-state index is 12.2. The maximum atomic E-state index is 12.2. The summed E-state index contributed by atoms with van der Waals surface area (Å²) in [7, 11) is 0. The van der Waals surface area contributed by atoms with Gasteiger partial charge in [0, 0.05) is 32.0 Å². The Kier molecular flexibility index (Phi) is 7.53. The highest BCUT2D eigenvalue weighted by atomic mass is 16.9. The molecule has 1 aromatic rings. The fourth-order valence-corrected chi connectivity index (χ4v) is 7.13. The minimum Gasteiger partial charge on any atom is -0.465 e. The smallest absolute Gasteiger partial charge is 0.302 e. The molecule has 3 unspecified atom stereocenters. The lowest BCUT2D eigenvalue weighted by Crippen LogP contribution is -2.62. The van der Waals surface area contributed by atoms with Crippen LogP contribution in [0.4, 0.5) is 0 Å². The molecule has 6 rings (SSSR count). The largest absolute Gasteiger partial charge is 0.465 e. The second-order valence-corrected chi connectivity index (χ2v) is 13.1. The summed E-state index contributed by atoms with van der Waals surface area (Å²) in [4.78, 5) is 14.3. The Morgan fingerprint density at radius 2 is 1.51 bits per heavy atom. The third-order valence-electron chi connectivity index (χ3n) is 8.51. The number of hydrogen-bond acceptors (Lipinski definition) is 11. The summed E-state index contributed by atoms with van der Waals surface area (Å²) in [5.41, 5.74) is 1.11. The number of aliphatic hydroxyl groups is 1. The molecular formula is C30H43NO10. The van der Waals surface area contributed by atoms with Gasteiger partial charge in [-0.05, 0) is 47.1 Å². The summed E-state index contributed by atoms with van der Waals surface area (Å²) in [6, 6.07) is 9.75. The van der Waals surface area contributed by atoms with E-state index in [4.69, 9.17) is 37.9 Å². The molecule has 0 spiro atoms. The van der Waals surface area contributed by atoms with Crippen molar-refractivity contribution in [2.45, 2.75) is 127 Å². The maximum Gasteiger partial charge on any atom is 0.302 e. The quantitative estimate of drug-likeness (QED) is 0.482. The molecular weight excluding hydrogens is 534 g/mol. The predicted octanol–water partition coefficient (Wildman–Crippen LogP) is 2.33. The van der Waals surface area contributed by atoms with Crippen molar-refractivity contribution < 1.29 is 47.8 Å². The molecule has 5 heterocycles. The van der Waals surface area contributed by atoms with Gasteiger partial charge in [-0.1, -0.05) is 30.3 Å². The van der Waals surface area contributed by atoms with Crippen LogP contribution >= 0.6 is 0 Å². The van der Waals surface area contributed by atoms with Gasteiger partial charge in [-0.3, -0.25) is 9.69 Å². The molecule has 5 saturated heterocycles. The molecule has 0 aromatic heterocycles. The first-order chi connectivity index (χ1) is 19.2. The van der Waals surface area contributed by atoms with Gasteiger partial charge >= 0.3 is 5.97 Å². The number of aliphatic hydroxyl groups excluding tert-OH is 1. The number of ether oxygens (including phenoxy) is 8. The first-order valence-electron chi connectivity index (χ1n) is 14.5. The summed E-state index contributed by atoms with van der Waals surface area (Å²) in [6.07, 6.45) is -5.02. The summed E-state index contributed by atoms with van der Waals surface area (Å²) in [6.45, 7) is 13.6. The lowest BCUT2D eigenvalue weighted by molar-refractivity contribution is -0.262. The Balaban J connectivity index is 1.34. The van der Waals surface area contributed by atoms with Gasteiger partial charge in [-0.2, -0.15) is 0 Å². The Bertz CT molecular complexity index is 1110. The van der Waals surface area contributed by atoms with Crippen molar-refractivity contribution in [3.05, 3.63) is 35.9 Å². The summed E-state index contributed by atoms with van der Waals surface area (Å²) < 4.78 is 49.6. The zero-order chi connectivity index (χ0) is 29.3. The standard InChI is InChI=1S/C30H43NO10/c1-16(32)34-15-18(20-22-19(36-28(2,3)37-22)14-31(20)13-17-11-9-8-10-12-17)21(33)23-24-25(39-29(4,5)38-24)26-27(35-23)41-30(6,7)40-26/h8-12,18-27,33H,13-15H2,1-7H3/t18-,19+,20-,21+,22+,23?,24+,25?,26?,27-/m1/s1. The number of rotatable bonds is 7. The fourth-order valence-electron chi connectivity index (χ4n) is 7.13. The van der Waals surface area contributed by atoms with Gasteiger partial charge in [-0.25, -0.2) is 0 Å². The molecule has 0 radical (unpaired) electrons. The van der Waals surface area contributed by atoms with Crippen molar-refractivity contribution in [2.24, 2.45) is 5.92 Å². The van der Waals surface area contributed by atoms with Crippen molar-refractivity contribution in [1.29, 1.82) is 0 Å². The number of fused-ring (bicyclic) bond motifs is 4. The van der Waals surface area contributed by atoms with E-state index in [-0.39, 0.29) is 24.9 Å². The Hall–Kier alpha value is -1.67. The van der Waals surface area contributed by atoms with Crippen LogP contribution in [0.3, 0.4) is 0 Å². The van der Waals surface area contributed by atoms with E-state index < -0.39 is 66.1 Å². The fraction of sp³-hybridized carbons (Fsp3) is 0.767. The van der Waals surface area contributed by atoms with Crippen LogP contribution in [0.15, 0.2) is 30.3 Å². The van der Waals surface area contributed by atoms with Crippen LogP contribution in [-0.2, 0) is 49.2 Å². The molecule has 0 aliphatic carbocycles. The van der Waals surface area contributed by atoms with E-state index in [1.54, 1.807) is 0 Å². The van der Waals surface area contributed by atoms with Gasteiger partial charge < -0.3 is 43.0 Å². The highest BCUT2D eigenvalue weighted by Crippen LogP contribution is 2.47. The van der Waals surface area contributed by atoms with Crippen molar-refractivity contribution in [1.82, 2.24) is 4.90 Å². The van der Waals surface area contributed by atoms with Crippen molar-refractivity contribution in [3.63, 3.8) is 0 Å². The van der Waals surface area contributed by atoms with E-state index in [1.807, 2.05) is 59.7 Å². The topological polar surface area (TPSA) is 114 Å². The monoisotopic (exact) mass is 577 g/mol. The number of hydrogen-bond donors (Lipinski definition) is 1. The minimum atomic E-state index is -1.14. The first kappa shape index (κ1) is 29.4. The number of esters is 1. The molecule has 0 bridgehead atoms. The Labute approximate surface area is 241 Å². The van der Waals surface area contributed by atoms with Crippen LogP contribution in [0.1, 0.15) is 54.0 Å². The molecule has 1 aromatic carbocycles. The van der Waals surface area contributed by atoms with Crippen LogP contribution in [-0.4, -0.2) is 102 Å². The van der Waals surface area contributed by atoms with E-state index in [1.165, 1.54) is 6.92 Å². The predicted molar refractivity (Wildman–Crippen MR) is 143 cm³/mol. The molecule has 41 heavy (non-hydrogen) atoms. The molecule has 5 aliphatic rings. The van der Waals surface area contributed by atoms with E-state index in [0.717, 1.165) is 5.56 Å². The zero-order valence-corrected chi connectivity index (χ0v) is 24.9. The van der Waals surface area contributed by atoms with Gasteiger partial charge in [-0.15, -0.1) is 0 Å². The van der Waals surface area contributed by atoms with E-state index in [9.17, 15) is 9.90 Å². The molecule has 228 valence electrons. The number of likely N-dealkylation sites (tertiary alicyclic amines) is 1. The average Bonchev–Trinajstić information content (AvgIpc) is 3.55. The van der Waals surface area contributed by atoms with E-state index in [2.05, 4.69) is 17.0 Å². The molecule has 0 saturated carbocycles. The second-order valence-electron chi connectivity index (χ2n) is 13.1. The highest BCUT2D eigenvalue weighted by Gasteiger charge is 2.64. The lowest BCUT2D eigenvalue weighted by atomic mass is 9.83. The van der Waals surface area contributed by atoms with Crippen molar-refractivity contribution in [2.75, 3.05) is 13.2 Å². The minimum absolute atomic E-state index is 0.0437. The van der Waals surface area contributed by atoms with Crippen LogP contribution in [0.2, 0.25) is 0 Å². The molecule has 5 fully saturated rings. The molecule has 1 N–H and O–H groups in total. The molecule has 11 heteroatoms. The Morgan fingerprint density at radius 1 is 0.902 bits per heavy atom. The number of nitrogens with zero attached hydrogens (tertiary/aromatic N) is 1. The van der Waals surface area contributed by atoms with Crippen LogP contribution in [0, 0.1) is 5.92 Å². The summed E-state index contributed by atoms with van der Waals surface area (Å²) >= 11 is 0. The van der Waals surface area contributed by atoms with E-state index in [0.29, 0.717) is 13.1 Å². The summed E-state index contributed by atoms with van der Waals surface area (Å²) in [5, 5.41) is 12.2. The van der Waals surface area contributed by atoms with Crippen LogP contribution in [0.25, 0.3) is 0 Å². The number of benzene rings is 1. The summed E-state index contributed by atoms with van der Waals surface area (Å²) in [5.74, 6) is -3.64. The van der Waals surface area contributed by atoms with Gasteiger partial charge in [0.05, 0.1) is 12.7 Å². The third-order valence-corrected chi connectivity index (χ3v) is 8.51. The second kappa shape index (κ2) is 10.5. The van der Waals surface area contributed by atoms with Crippen molar-refractivity contribution >= 4 is 5.97 Å². The lowest BCUT2D eigenvalue weighted by Gasteiger charge is -2.44. The van der Waals surface area contributed by atoms with E-state index >= 15 is 0 Å². The van der Waals surface area contributed by atoms with Crippen LogP contribution < -0.4 is 0 Å². The van der Waals surface area contributed by atoms with Crippen LogP contribution in [0.5, 0.6) is 0 Å². The Morgan fingerprint density at radius 3 is 2.22 bits per heavy atom. The van der Waals surface area contributed by atoms with Gasteiger partial charge in [0.15, 0.2) is 23.7 Å². The molecule has 5 aliphatic heterocycles. The van der Waals surface area contributed by atoms with Crippen molar-refractivity contribution in [3.8, 4) is 0 Å². The van der Waals surface area contributed by atoms with Gasteiger partial charge in [0.2, 0.25) is 0 Å². The molecule has 0 amide bonds. The third kappa shape index (κ3) is 5.81. The normalized spacial score (nSPS) is 40.0. The van der Waals surface area contributed by atoms with Gasteiger partial charge in [0.1, 0.15) is 36.6 Å². The SMILES string of the molecule is CC(=O)OC[C@H]([C@@H]1[C@H]2OC(C)(C)O[C@H]2CN1Cc1ccccc1)[C@H](O)C1O[C@@H]2OC(C)(C)OC2C2OC(C)(C)O[C@H]21.